The first-order valence-corrected chi connectivity index (χ1v) is 11.5. The van der Waals surface area contributed by atoms with Gasteiger partial charge >= 0.3 is 0 Å². The third kappa shape index (κ3) is 3.35. The van der Waals surface area contributed by atoms with Crippen LogP contribution < -0.4 is 10.2 Å². The van der Waals surface area contributed by atoms with Crippen molar-refractivity contribution in [1.29, 1.82) is 0 Å². The third-order valence-corrected chi connectivity index (χ3v) is 7.15. The van der Waals surface area contributed by atoms with Crippen LogP contribution in [0.1, 0.15) is 29.8 Å². The van der Waals surface area contributed by atoms with Crippen LogP contribution in [0.3, 0.4) is 0 Å². The molecule has 154 valence electrons. The number of nitrogens with one attached hydrogen (secondary N) is 1. The summed E-state index contributed by atoms with van der Waals surface area (Å²) < 4.78 is 23.8. The van der Waals surface area contributed by atoms with E-state index in [4.69, 9.17) is 0 Å². The van der Waals surface area contributed by atoms with Crippen LogP contribution in [0, 0.1) is 0 Å². The van der Waals surface area contributed by atoms with Gasteiger partial charge in [0.05, 0.1) is 22.8 Å². The van der Waals surface area contributed by atoms with Crippen LogP contribution in [0.2, 0.25) is 0 Å². The summed E-state index contributed by atoms with van der Waals surface area (Å²) in [6.45, 7) is 4.11. The van der Waals surface area contributed by atoms with Crippen molar-refractivity contribution >= 4 is 43.8 Å². The predicted molar refractivity (Wildman–Crippen MR) is 118 cm³/mol. The Balaban J connectivity index is 1.58. The van der Waals surface area contributed by atoms with Gasteiger partial charge in [-0.2, -0.15) is 0 Å². The van der Waals surface area contributed by atoms with Crippen molar-refractivity contribution < 1.29 is 18.0 Å². The topological polar surface area (TPSA) is 83.6 Å². The molecule has 0 fully saturated rings. The lowest BCUT2D eigenvalue weighted by molar-refractivity contribution is -0.115. The van der Waals surface area contributed by atoms with Crippen LogP contribution in [0.25, 0.3) is 10.8 Å². The van der Waals surface area contributed by atoms with Gasteiger partial charge in [-0.25, -0.2) is 8.42 Å². The van der Waals surface area contributed by atoms with Gasteiger partial charge in [-0.1, -0.05) is 31.2 Å². The zero-order valence-electron chi connectivity index (χ0n) is 16.8. The highest BCUT2D eigenvalue weighted by Gasteiger charge is 2.29. The number of hydrogen-bond donors (Lipinski definition) is 1. The largest absolute Gasteiger partial charge is 0.325 e. The number of anilines is 2. The van der Waals surface area contributed by atoms with Crippen molar-refractivity contribution in [2.75, 3.05) is 22.5 Å². The lowest BCUT2D eigenvalue weighted by atomic mass is 10.0. The molecule has 3 aromatic carbocycles. The summed E-state index contributed by atoms with van der Waals surface area (Å²) in [5.74, 6) is -0.197. The Labute approximate surface area is 175 Å². The van der Waals surface area contributed by atoms with Crippen LogP contribution in [0.15, 0.2) is 59.5 Å². The van der Waals surface area contributed by atoms with Crippen molar-refractivity contribution in [3.8, 4) is 0 Å². The van der Waals surface area contributed by atoms with Gasteiger partial charge in [0, 0.05) is 28.6 Å². The third-order valence-electron chi connectivity index (χ3n) is 5.40. The minimum absolute atomic E-state index is 0.0244. The van der Waals surface area contributed by atoms with Gasteiger partial charge in [0.15, 0.2) is 9.84 Å². The number of sulfone groups is 1. The maximum absolute atomic E-state index is 12.6. The molecule has 1 aliphatic rings. The molecule has 0 aliphatic carbocycles. The standard InChI is InChI=1S/C23H22N2O4S/c1-3-25-20-13-12-19(17-6-5-7-18(22(17)20)23(25)27)24-21(26)14-15-8-10-16(11-9-15)30(28,29)4-2/h5-13H,3-4,14H2,1-2H3,(H,24,26). The molecule has 0 bridgehead atoms. The van der Waals surface area contributed by atoms with Crippen molar-refractivity contribution in [2.24, 2.45) is 0 Å². The van der Waals surface area contributed by atoms with Gasteiger partial charge in [-0.3, -0.25) is 9.59 Å². The van der Waals surface area contributed by atoms with E-state index in [1.807, 2.05) is 31.2 Å². The fourth-order valence-corrected chi connectivity index (χ4v) is 4.71. The molecule has 3 aromatic rings. The molecule has 0 unspecified atom stereocenters. The molecule has 1 heterocycles. The number of amides is 2. The van der Waals surface area contributed by atoms with Crippen molar-refractivity contribution in [1.82, 2.24) is 0 Å². The average Bonchev–Trinajstić information content (AvgIpc) is 3.03. The first kappa shape index (κ1) is 20.1. The Morgan fingerprint density at radius 1 is 1.00 bits per heavy atom. The van der Waals surface area contributed by atoms with E-state index in [2.05, 4.69) is 5.32 Å². The molecule has 1 N–H and O–H groups in total. The van der Waals surface area contributed by atoms with Crippen LogP contribution in [0.5, 0.6) is 0 Å². The van der Waals surface area contributed by atoms with Gasteiger partial charge in [0.2, 0.25) is 5.91 Å². The van der Waals surface area contributed by atoms with E-state index >= 15 is 0 Å². The van der Waals surface area contributed by atoms with Gasteiger partial charge in [-0.15, -0.1) is 0 Å². The molecular weight excluding hydrogens is 400 g/mol. The molecule has 0 atom stereocenters. The monoisotopic (exact) mass is 422 g/mol. The molecular formula is C23H22N2O4S. The van der Waals surface area contributed by atoms with Gasteiger partial charge in [0.1, 0.15) is 0 Å². The molecule has 0 aromatic heterocycles. The molecule has 0 spiro atoms. The minimum atomic E-state index is -3.26. The quantitative estimate of drug-likeness (QED) is 0.655. The Morgan fingerprint density at radius 3 is 2.40 bits per heavy atom. The number of nitrogens with zero attached hydrogens (tertiary/aromatic N) is 1. The number of carbonyl (C=O) groups excluding carboxylic acids is 2. The van der Waals surface area contributed by atoms with Crippen molar-refractivity contribution in [3.63, 3.8) is 0 Å². The van der Waals surface area contributed by atoms with E-state index in [1.54, 1.807) is 30.0 Å². The first-order chi connectivity index (χ1) is 14.4. The smallest absolute Gasteiger partial charge is 0.258 e. The average molecular weight is 423 g/mol. The van der Waals surface area contributed by atoms with E-state index in [9.17, 15) is 18.0 Å². The molecule has 0 saturated carbocycles. The Morgan fingerprint density at radius 2 is 1.73 bits per heavy atom. The van der Waals surface area contributed by atoms with E-state index in [-0.39, 0.29) is 28.9 Å². The van der Waals surface area contributed by atoms with Crippen molar-refractivity contribution in [3.05, 3.63) is 65.7 Å². The van der Waals surface area contributed by atoms with Crippen LogP contribution >= 0.6 is 0 Å². The second-order valence-electron chi connectivity index (χ2n) is 7.18. The fourth-order valence-electron chi connectivity index (χ4n) is 3.83. The summed E-state index contributed by atoms with van der Waals surface area (Å²) >= 11 is 0. The maximum atomic E-state index is 12.6. The summed E-state index contributed by atoms with van der Waals surface area (Å²) in [5, 5.41) is 4.62. The molecule has 7 heteroatoms. The molecule has 1 aliphatic heterocycles. The number of hydrogen-bond acceptors (Lipinski definition) is 4. The SMILES string of the molecule is CCN1C(=O)c2cccc3c(NC(=O)Cc4ccc(S(=O)(=O)CC)cc4)ccc1c23. The lowest BCUT2D eigenvalue weighted by Gasteiger charge is -2.15. The number of rotatable bonds is 6. The zero-order chi connectivity index (χ0) is 21.5. The summed E-state index contributed by atoms with van der Waals surface area (Å²) in [5.41, 5.74) is 2.88. The molecule has 30 heavy (non-hydrogen) atoms. The summed E-state index contributed by atoms with van der Waals surface area (Å²) in [4.78, 5) is 27.2. The second-order valence-corrected chi connectivity index (χ2v) is 9.46. The Hall–Kier alpha value is -3.19. The van der Waals surface area contributed by atoms with Crippen LogP contribution in [-0.4, -0.2) is 32.5 Å². The number of carbonyl (C=O) groups is 2. The second kappa shape index (κ2) is 7.57. The van der Waals surface area contributed by atoms with Crippen LogP contribution in [-0.2, 0) is 21.1 Å². The molecule has 2 amide bonds. The lowest BCUT2D eigenvalue weighted by Crippen LogP contribution is -2.25. The van der Waals surface area contributed by atoms with Crippen LogP contribution in [0.4, 0.5) is 11.4 Å². The maximum Gasteiger partial charge on any atom is 0.258 e. The summed E-state index contributed by atoms with van der Waals surface area (Å²) in [7, 11) is -3.26. The minimum Gasteiger partial charge on any atom is -0.325 e. The fraction of sp³-hybridized carbons (Fsp3) is 0.217. The van der Waals surface area contributed by atoms with Gasteiger partial charge in [0.25, 0.3) is 5.91 Å². The zero-order valence-corrected chi connectivity index (χ0v) is 17.6. The molecule has 0 radical (unpaired) electrons. The summed E-state index contributed by atoms with van der Waals surface area (Å²) in [6.07, 6.45) is 0.120. The highest BCUT2D eigenvalue weighted by atomic mass is 32.2. The van der Waals surface area contributed by atoms with E-state index in [0.29, 0.717) is 17.8 Å². The van der Waals surface area contributed by atoms with Gasteiger partial charge in [-0.05, 0) is 42.8 Å². The van der Waals surface area contributed by atoms with E-state index < -0.39 is 9.84 Å². The van der Waals surface area contributed by atoms with Gasteiger partial charge < -0.3 is 10.2 Å². The highest BCUT2D eigenvalue weighted by Crippen LogP contribution is 2.40. The highest BCUT2D eigenvalue weighted by molar-refractivity contribution is 7.91. The molecule has 0 saturated heterocycles. The predicted octanol–water partition coefficient (Wildman–Crippen LogP) is 3.79. The normalized spacial score (nSPS) is 13.1. The Kier molecular flexibility index (Phi) is 5.07. The van der Waals surface area contributed by atoms with E-state index in [1.165, 1.54) is 12.1 Å². The van der Waals surface area contributed by atoms with E-state index in [0.717, 1.165) is 22.0 Å². The molecule has 6 nitrogen and oxygen atoms in total. The molecule has 4 rings (SSSR count). The Bertz CT molecular complexity index is 1260. The first-order valence-electron chi connectivity index (χ1n) is 9.85. The number of benzene rings is 3. The van der Waals surface area contributed by atoms with Crippen molar-refractivity contribution in [2.45, 2.75) is 25.2 Å². The summed E-state index contributed by atoms with van der Waals surface area (Å²) in [6, 6.07) is 15.6.